The molecular formula is C17H21N3O. The zero-order chi connectivity index (χ0) is 14.3. The largest absolute Gasteiger partial charge is 0.337 e. The molecule has 1 saturated heterocycles. The van der Waals surface area contributed by atoms with Crippen LogP contribution in [0.5, 0.6) is 0 Å². The molecule has 2 aliphatic rings. The van der Waals surface area contributed by atoms with Crippen LogP contribution >= 0.6 is 0 Å². The Morgan fingerprint density at radius 2 is 2.19 bits per heavy atom. The minimum absolute atomic E-state index is 0.151. The van der Waals surface area contributed by atoms with Crippen LogP contribution in [0.4, 0.5) is 0 Å². The van der Waals surface area contributed by atoms with Gasteiger partial charge in [-0.15, -0.1) is 0 Å². The molecule has 4 rings (SSSR count). The zero-order valence-corrected chi connectivity index (χ0v) is 12.4. The molecule has 1 fully saturated rings. The zero-order valence-electron chi connectivity index (χ0n) is 12.4. The number of hydrogen-bond donors (Lipinski definition) is 1. The maximum Gasteiger partial charge on any atom is 0.246 e. The Labute approximate surface area is 124 Å². The second-order valence-electron chi connectivity index (χ2n) is 6.46. The third-order valence-corrected chi connectivity index (χ3v) is 4.98. The van der Waals surface area contributed by atoms with Gasteiger partial charge in [-0.25, -0.2) is 0 Å². The lowest BCUT2D eigenvalue weighted by molar-refractivity contribution is 0.206. The van der Waals surface area contributed by atoms with Crippen LogP contribution in [-0.4, -0.2) is 16.7 Å². The highest BCUT2D eigenvalue weighted by atomic mass is 16.5. The number of rotatable bonds is 2. The van der Waals surface area contributed by atoms with Gasteiger partial charge in [-0.3, -0.25) is 0 Å². The molecule has 0 bridgehead atoms. The molecule has 2 heterocycles. The lowest BCUT2D eigenvalue weighted by atomic mass is 9.91. The maximum absolute atomic E-state index is 5.61. The lowest BCUT2D eigenvalue weighted by Crippen LogP contribution is -2.43. The summed E-state index contributed by atoms with van der Waals surface area (Å²) < 4.78 is 5.61. The number of aromatic nitrogens is 2. The first kappa shape index (κ1) is 13.0. The van der Waals surface area contributed by atoms with E-state index in [2.05, 4.69) is 41.7 Å². The van der Waals surface area contributed by atoms with E-state index in [1.807, 2.05) is 0 Å². The van der Waals surface area contributed by atoms with Crippen molar-refractivity contribution in [2.45, 2.75) is 50.5 Å². The second kappa shape index (κ2) is 4.95. The molecule has 2 atom stereocenters. The van der Waals surface area contributed by atoms with Gasteiger partial charge in [-0.1, -0.05) is 29.4 Å². The highest BCUT2D eigenvalue weighted by Crippen LogP contribution is 2.37. The lowest BCUT2D eigenvalue weighted by Gasteiger charge is -2.31. The predicted octanol–water partition coefficient (Wildman–Crippen LogP) is 3.14. The van der Waals surface area contributed by atoms with Gasteiger partial charge in [-0.2, -0.15) is 4.98 Å². The van der Waals surface area contributed by atoms with Gasteiger partial charge in [0.25, 0.3) is 0 Å². The van der Waals surface area contributed by atoms with Gasteiger partial charge in [0.1, 0.15) is 0 Å². The molecule has 0 spiro atoms. The molecule has 0 radical (unpaired) electrons. The van der Waals surface area contributed by atoms with Gasteiger partial charge < -0.3 is 9.84 Å². The molecule has 1 aromatic heterocycles. The molecule has 4 nitrogen and oxygen atoms in total. The van der Waals surface area contributed by atoms with Gasteiger partial charge in [0.2, 0.25) is 5.89 Å². The van der Waals surface area contributed by atoms with Crippen molar-refractivity contribution in [3.8, 4) is 0 Å². The summed E-state index contributed by atoms with van der Waals surface area (Å²) >= 11 is 0. The number of nitrogens with one attached hydrogen (secondary N) is 1. The molecule has 4 heteroatoms. The number of fused-ring (bicyclic) bond motifs is 1. The van der Waals surface area contributed by atoms with Crippen molar-refractivity contribution < 1.29 is 4.52 Å². The smallest absolute Gasteiger partial charge is 0.246 e. The molecule has 1 aliphatic carbocycles. The Morgan fingerprint density at radius 1 is 1.29 bits per heavy atom. The van der Waals surface area contributed by atoms with Gasteiger partial charge in [0, 0.05) is 5.92 Å². The van der Waals surface area contributed by atoms with Crippen molar-refractivity contribution in [2.75, 3.05) is 6.54 Å². The molecule has 2 unspecified atom stereocenters. The van der Waals surface area contributed by atoms with Crippen LogP contribution in [0.25, 0.3) is 0 Å². The highest BCUT2D eigenvalue weighted by molar-refractivity contribution is 5.38. The maximum atomic E-state index is 5.61. The monoisotopic (exact) mass is 283 g/mol. The van der Waals surface area contributed by atoms with Gasteiger partial charge in [-0.05, 0) is 56.7 Å². The summed E-state index contributed by atoms with van der Waals surface area (Å²) in [5.41, 5.74) is 2.64. The summed E-state index contributed by atoms with van der Waals surface area (Å²) in [4.78, 5) is 4.75. The normalized spacial score (nSPS) is 28.5. The predicted molar refractivity (Wildman–Crippen MR) is 80.1 cm³/mol. The van der Waals surface area contributed by atoms with Crippen molar-refractivity contribution in [1.82, 2.24) is 15.5 Å². The van der Waals surface area contributed by atoms with Crippen LogP contribution in [0.3, 0.4) is 0 Å². The summed E-state index contributed by atoms with van der Waals surface area (Å²) in [5, 5.41) is 7.83. The second-order valence-corrected chi connectivity index (χ2v) is 6.46. The minimum Gasteiger partial charge on any atom is -0.337 e. The van der Waals surface area contributed by atoms with E-state index in [-0.39, 0.29) is 5.54 Å². The Hall–Kier alpha value is -1.68. The Kier molecular flexibility index (Phi) is 3.07. The summed E-state index contributed by atoms with van der Waals surface area (Å²) in [5.74, 6) is 1.90. The standard InChI is InChI=1S/C17H21N3O/c1-17(10-4-5-11-18-17)16-19-15(20-21-16)14-9-8-12-6-2-3-7-13(12)14/h2-3,6-7,14,18H,4-5,8-11H2,1H3. The molecule has 0 saturated carbocycles. The first-order valence-corrected chi connectivity index (χ1v) is 7.93. The average molecular weight is 283 g/mol. The number of benzene rings is 1. The SMILES string of the molecule is CC1(c2nc(C3CCc4ccccc43)no2)CCCCN1. The van der Waals surface area contributed by atoms with Crippen molar-refractivity contribution >= 4 is 0 Å². The van der Waals surface area contributed by atoms with Crippen LogP contribution in [0.2, 0.25) is 0 Å². The number of hydrogen-bond acceptors (Lipinski definition) is 4. The van der Waals surface area contributed by atoms with Crippen LogP contribution in [0.15, 0.2) is 28.8 Å². The van der Waals surface area contributed by atoms with Crippen LogP contribution in [0.1, 0.15) is 61.4 Å². The number of piperidine rings is 1. The molecule has 21 heavy (non-hydrogen) atoms. The molecule has 1 aromatic carbocycles. The molecule has 0 amide bonds. The fourth-order valence-corrected chi connectivity index (χ4v) is 3.66. The van der Waals surface area contributed by atoms with Gasteiger partial charge in [0.15, 0.2) is 5.82 Å². The first-order valence-electron chi connectivity index (χ1n) is 7.93. The van der Waals surface area contributed by atoms with E-state index >= 15 is 0 Å². The van der Waals surface area contributed by atoms with E-state index in [0.29, 0.717) is 5.92 Å². The summed E-state index contributed by atoms with van der Waals surface area (Å²) in [7, 11) is 0. The Bertz CT molecular complexity index is 643. The number of aryl methyl sites for hydroxylation is 1. The van der Waals surface area contributed by atoms with E-state index in [1.54, 1.807) is 0 Å². The van der Waals surface area contributed by atoms with E-state index < -0.39 is 0 Å². The van der Waals surface area contributed by atoms with Crippen molar-refractivity contribution in [2.24, 2.45) is 0 Å². The quantitative estimate of drug-likeness (QED) is 0.920. The van der Waals surface area contributed by atoms with Gasteiger partial charge in [0.05, 0.1) is 5.54 Å². The molecule has 2 aromatic rings. The Balaban J connectivity index is 1.64. The third-order valence-electron chi connectivity index (χ3n) is 4.98. The molecule has 110 valence electrons. The summed E-state index contributed by atoms with van der Waals surface area (Å²) in [6, 6.07) is 8.61. The summed E-state index contributed by atoms with van der Waals surface area (Å²) in [6.07, 6.45) is 5.71. The Morgan fingerprint density at radius 3 is 3.05 bits per heavy atom. The van der Waals surface area contributed by atoms with Crippen molar-refractivity contribution in [3.05, 3.63) is 47.1 Å². The van der Waals surface area contributed by atoms with E-state index in [9.17, 15) is 0 Å². The van der Waals surface area contributed by atoms with Crippen LogP contribution < -0.4 is 5.32 Å². The summed E-state index contributed by atoms with van der Waals surface area (Å²) in [6.45, 7) is 3.20. The minimum atomic E-state index is -0.151. The highest BCUT2D eigenvalue weighted by Gasteiger charge is 2.36. The van der Waals surface area contributed by atoms with Crippen molar-refractivity contribution in [3.63, 3.8) is 0 Å². The third kappa shape index (κ3) is 2.18. The number of nitrogens with zero attached hydrogens (tertiary/aromatic N) is 2. The first-order chi connectivity index (χ1) is 10.3. The van der Waals surface area contributed by atoms with E-state index in [4.69, 9.17) is 9.51 Å². The van der Waals surface area contributed by atoms with Crippen molar-refractivity contribution in [1.29, 1.82) is 0 Å². The molecule has 1 aliphatic heterocycles. The van der Waals surface area contributed by atoms with Crippen LogP contribution in [-0.2, 0) is 12.0 Å². The molecular weight excluding hydrogens is 262 g/mol. The average Bonchev–Trinajstić information content (AvgIpc) is 3.15. The topological polar surface area (TPSA) is 51.0 Å². The fourth-order valence-electron chi connectivity index (χ4n) is 3.66. The van der Waals surface area contributed by atoms with E-state index in [1.165, 1.54) is 24.0 Å². The van der Waals surface area contributed by atoms with Gasteiger partial charge >= 0.3 is 0 Å². The molecule has 1 N–H and O–H groups in total. The fraction of sp³-hybridized carbons (Fsp3) is 0.529. The van der Waals surface area contributed by atoms with Crippen LogP contribution in [0, 0.1) is 0 Å². The van der Waals surface area contributed by atoms with E-state index in [0.717, 1.165) is 37.5 Å².